The Hall–Kier alpha value is -2.47. The van der Waals surface area contributed by atoms with Crippen molar-refractivity contribution in [3.63, 3.8) is 0 Å². The number of carbonyl (C=O) groups is 1. The standard InChI is InChI=1S/C15H11BrN4O/c16-11-8-17-14(18-9-11)20-15(21)19-13-7-3-5-10-4-1-2-6-12(10)13/h1-9H,(H2,17,18,19,20,21). The summed E-state index contributed by atoms with van der Waals surface area (Å²) < 4.78 is 0.752. The largest absolute Gasteiger partial charge is 0.326 e. The number of hydrogen-bond acceptors (Lipinski definition) is 3. The molecule has 104 valence electrons. The minimum atomic E-state index is -0.381. The molecule has 0 radical (unpaired) electrons. The van der Waals surface area contributed by atoms with Gasteiger partial charge in [-0.05, 0) is 27.4 Å². The zero-order valence-corrected chi connectivity index (χ0v) is 12.5. The van der Waals surface area contributed by atoms with Crippen molar-refractivity contribution >= 4 is 44.4 Å². The highest BCUT2D eigenvalue weighted by molar-refractivity contribution is 9.10. The molecule has 1 heterocycles. The maximum Gasteiger partial charge on any atom is 0.326 e. The molecule has 2 aromatic carbocycles. The fourth-order valence-electron chi connectivity index (χ4n) is 1.97. The highest BCUT2D eigenvalue weighted by atomic mass is 79.9. The third-order valence-electron chi connectivity index (χ3n) is 2.88. The summed E-state index contributed by atoms with van der Waals surface area (Å²) in [4.78, 5) is 20.0. The Kier molecular flexibility index (Phi) is 3.79. The lowest BCUT2D eigenvalue weighted by Gasteiger charge is -2.09. The van der Waals surface area contributed by atoms with Gasteiger partial charge < -0.3 is 5.32 Å². The van der Waals surface area contributed by atoms with E-state index in [9.17, 15) is 4.79 Å². The van der Waals surface area contributed by atoms with E-state index in [1.807, 2.05) is 42.5 Å². The van der Waals surface area contributed by atoms with Gasteiger partial charge in [-0.2, -0.15) is 0 Å². The molecule has 2 N–H and O–H groups in total. The van der Waals surface area contributed by atoms with Gasteiger partial charge in [0, 0.05) is 17.8 Å². The van der Waals surface area contributed by atoms with Crippen LogP contribution in [0, 0.1) is 0 Å². The summed E-state index contributed by atoms with van der Waals surface area (Å²) >= 11 is 3.24. The molecule has 0 fully saturated rings. The maximum absolute atomic E-state index is 12.0. The molecule has 3 rings (SSSR count). The van der Waals surface area contributed by atoms with Crippen molar-refractivity contribution in [1.82, 2.24) is 9.97 Å². The van der Waals surface area contributed by atoms with Crippen LogP contribution < -0.4 is 10.6 Å². The van der Waals surface area contributed by atoms with Gasteiger partial charge in [0.15, 0.2) is 0 Å². The number of anilines is 2. The Balaban J connectivity index is 1.79. The highest BCUT2D eigenvalue weighted by Gasteiger charge is 2.07. The zero-order valence-electron chi connectivity index (χ0n) is 10.9. The number of nitrogens with one attached hydrogen (secondary N) is 2. The van der Waals surface area contributed by atoms with Crippen LogP contribution in [-0.2, 0) is 0 Å². The van der Waals surface area contributed by atoms with E-state index in [2.05, 4.69) is 36.5 Å². The van der Waals surface area contributed by atoms with Crippen LogP contribution in [0.15, 0.2) is 59.3 Å². The van der Waals surface area contributed by atoms with E-state index in [1.165, 1.54) is 0 Å². The monoisotopic (exact) mass is 342 g/mol. The van der Waals surface area contributed by atoms with Crippen LogP contribution >= 0.6 is 15.9 Å². The SMILES string of the molecule is O=C(Nc1ncc(Br)cn1)Nc1cccc2ccccc12. The highest BCUT2D eigenvalue weighted by Crippen LogP contribution is 2.22. The van der Waals surface area contributed by atoms with Crippen LogP contribution in [0.1, 0.15) is 0 Å². The molecule has 0 saturated carbocycles. The molecule has 0 atom stereocenters. The van der Waals surface area contributed by atoms with E-state index in [-0.39, 0.29) is 12.0 Å². The lowest BCUT2D eigenvalue weighted by molar-refractivity contribution is 0.262. The first kappa shape index (κ1) is 13.5. The van der Waals surface area contributed by atoms with Crippen LogP contribution in [0.4, 0.5) is 16.4 Å². The maximum atomic E-state index is 12.0. The normalized spacial score (nSPS) is 10.3. The summed E-state index contributed by atoms with van der Waals surface area (Å²) in [6, 6.07) is 13.2. The number of amides is 2. The zero-order chi connectivity index (χ0) is 14.7. The number of urea groups is 1. The smallest absolute Gasteiger partial charge is 0.307 e. The molecule has 0 aliphatic carbocycles. The number of halogens is 1. The second kappa shape index (κ2) is 5.88. The molecule has 21 heavy (non-hydrogen) atoms. The van der Waals surface area contributed by atoms with Gasteiger partial charge in [0.25, 0.3) is 0 Å². The quantitative estimate of drug-likeness (QED) is 0.738. The van der Waals surface area contributed by atoms with Gasteiger partial charge in [0.1, 0.15) is 0 Å². The molecular weight excluding hydrogens is 332 g/mol. The molecule has 0 aliphatic rings. The Labute approximate surface area is 129 Å². The lowest BCUT2D eigenvalue weighted by Crippen LogP contribution is -2.20. The fourth-order valence-corrected chi connectivity index (χ4v) is 2.17. The lowest BCUT2D eigenvalue weighted by atomic mass is 10.1. The van der Waals surface area contributed by atoms with Crippen molar-refractivity contribution in [2.45, 2.75) is 0 Å². The second-order valence-corrected chi connectivity index (χ2v) is 5.25. The number of nitrogens with zero attached hydrogens (tertiary/aromatic N) is 2. The first-order chi connectivity index (χ1) is 10.2. The van der Waals surface area contributed by atoms with Crippen molar-refractivity contribution in [1.29, 1.82) is 0 Å². The van der Waals surface area contributed by atoms with Crippen molar-refractivity contribution in [3.05, 3.63) is 59.3 Å². The average Bonchev–Trinajstić information content (AvgIpc) is 2.50. The second-order valence-electron chi connectivity index (χ2n) is 4.33. The van der Waals surface area contributed by atoms with Crippen LogP contribution in [0.5, 0.6) is 0 Å². The third kappa shape index (κ3) is 3.17. The minimum absolute atomic E-state index is 0.246. The predicted octanol–water partition coefficient (Wildman–Crippen LogP) is 4.04. The first-order valence-electron chi connectivity index (χ1n) is 6.26. The number of fused-ring (bicyclic) bond motifs is 1. The van der Waals surface area contributed by atoms with Crippen LogP contribution in [0.3, 0.4) is 0 Å². The van der Waals surface area contributed by atoms with Gasteiger partial charge in [0.05, 0.1) is 10.2 Å². The Morgan fingerprint density at radius 3 is 2.48 bits per heavy atom. The third-order valence-corrected chi connectivity index (χ3v) is 3.29. The molecule has 0 spiro atoms. The van der Waals surface area contributed by atoms with E-state index in [4.69, 9.17) is 0 Å². The number of aromatic nitrogens is 2. The molecule has 0 unspecified atom stereocenters. The Morgan fingerprint density at radius 1 is 0.952 bits per heavy atom. The van der Waals surface area contributed by atoms with Crippen molar-refractivity contribution in [2.75, 3.05) is 10.6 Å². The van der Waals surface area contributed by atoms with Gasteiger partial charge >= 0.3 is 6.03 Å². The van der Waals surface area contributed by atoms with Gasteiger partial charge in [-0.15, -0.1) is 0 Å². The number of hydrogen-bond donors (Lipinski definition) is 2. The molecule has 3 aromatic rings. The van der Waals surface area contributed by atoms with E-state index >= 15 is 0 Å². The number of carbonyl (C=O) groups excluding carboxylic acids is 1. The fraction of sp³-hybridized carbons (Fsp3) is 0. The number of benzene rings is 2. The summed E-state index contributed by atoms with van der Waals surface area (Å²) in [6.45, 7) is 0. The first-order valence-corrected chi connectivity index (χ1v) is 7.05. The minimum Gasteiger partial charge on any atom is -0.307 e. The topological polar surface area (TPSA) is 66.9 Å². The molecule has 2 amide bonds. The van der Waals surface area contributed by atoms with Gasteiger partial charge in [-0.1, -0.05) is 36.4 Å². The van der Waals surface area contributed by atoms with Gasteiger partial charge in [-0.3, -0.25) is 5.32 Å². The molecule has 6 heteroatoms. The summed E-state index contributed by atoms with van der Waals surface area (Å²) in [5.41, 5.74) is 0.739. The van der Waals surface area contributed by atoms with Crippen molar-refractivity contribution in [3.8, 4) is 0 Å². The summed E-state index contributed by atoms with van der Waals surface area (Å²) in [5, 5.41) is 7.44. The summed E-state index contributed by atoms with van der Waals surface area (Å²) in [7, 11) is 0. The molecule has 0 bridgehead atoms. The molecule has 0 saturated heterocycles. The van der Waals surface area contributed by atoms with Crippen LogP contribution in [-0.4, -0.2) is 16.0 Å². The van der Waals surface area contributed by atoms with Gasteiger partial charge in [-0.25, -0.2) is 14.8 Å². The van der Waals surface area contributed by atoms with Crippen LogP contribution in [0.25, 0.3) is 10.8 Å². The predicted molar refractivity (Wildman–Crippen MR) is 86.3 cm³/mol. The summed E-state index contributed by atoms with van der Waals surface area (Å²) in [6.07, 6.45) is 3.14. The van der Waals surface area contributed by atoms with E-state index in [1.54, 1.807) is 12.4 Å². The molecule has 0 aliphatic heterocycles. The number of rotatable bonds is 2. The molecular formula is C15H11BrN4O. The van der Waals surface area contributed by atoms with Crippen molar-refractivity contribution < 1.29 is 4.79 Å². The van der Waals surface area contributed by atoms with E-state index in [0.29, 0.717) is 0 Å². The Morgan fingerprint density at radius 2 is 1.67 bits per heavy atom. The van der Waals surface area contributed by atoms with E-state index < -0.39 is 0 Å². The molecule has 5 nitrogen and oxygen atoms in total. The van der Waals surface area contributed by atoms with Crippen LogP contribution in [0.2, 0.25) is 0 Å². The average molecular weight is 343 g/mol. The summed E-state index contributed by atoms with van der Waals surface area (Å²) in [5.74, 6) is 0.246. The van der Waals surface area contributed by atoms with E-state index in [0.717, 1.165) is 20.9 Å². The van der Waals surface area contributed by atoms with Gasteiger partial charge in [0.2, 0.25) is 5.95 Å². The molecule has 1 aromatic heterocycles. The van der Waals surface area contributed by atoms with Crippen molar-refractivity contribution in [2.24, 2.45) is 0 Å². The Bertz CT molecular complexity index is 784.